The molecule has 0 aliphatic rings. The lowest BCUT2D eigenvalue weighted by atomic mass is 10.2. The molecule has 0 saturated carbocycles. The lowest BCUT2D eigenvalue weighted by Crippen LogP contribution is -2.23. The number of halogens is 3. The van der Waals surface area contributed by atoms with Crippen molar-refractivity contribution in [2.75, 3.05) is 18.2 Å². The van der Waals surface area contributed by atoms with E-state index >= 15 is 0 Å². The van der Waals surface area contributed by atoms with Gasteiger partial charge in [0, 0.05) is 29.6 Å². The number of H-pyrrole nitrogens is 2. The molecule has 37 heavy (non-hydrogen) atoms. The van der Waals surface area contributed by atoms with Crippen LogP contribution in [-0.4, -0.2) is 43.5 Å². The van der Waals surface area contributed by atoms with Crippen LogP contribution in [0.1, 0.15) is 17.1 Å². The lowest BCUT2D eigenvalue weighted by Gasteiger charge is -2.11. The Morgan fingerprint density at radius 3 is 2.38 bits per heavy atom. The van der Waals surface area contributed by atoms with Gasteiger partial charge in [0.2, 0.25) is 5.91 Å². The number of methoxy groups -OCH3 is 1. The van der Waals surface area contributed by atoms with Gasteiger partial charge in [-0.05, 0) is 48.5 Å². The maximum Gasteiger partial charge on any atom is 0.416 e. The summed E-state index contributed by atoms with van der Waals surface area (Å²) in [7, 11) is 1.53. The summed E-state index contributed by atoms with van der Waals surface area (Å²) < 4.78 is 45.1. The van der Waals surface area contributed by atoms with Crippen molar-refractivity contribution in [3.8, 4) is 11.4 Å². The Morgan fingerprint density at radius 1 is 1.05 bits per heavy atom. The summed E-state index contributed by atoms with van der Waals surface area (Å²) in [6, 6.07) is 12.3. The number of carbonyl (C=O) groups is 1. The van der Waals surface area contributed by atoms with Gasteiger partial charge in [-0.15, -0.1) is 10.2 Å². The van der Waals surface area contributed by atoms with Crippen LogP contribution in [0.2, 0.25) is 0 Å². The van der Waals surface area contributed by atoms with E-state index in [9.17, 15) is 27.6 Å². The van der Waals surface area contributed by atoms with Crippen LogP contribution in [-0.2, 0) is 17.4 Å². The molecule has 3 N–H and O–H groups in total. The van der Waals surface area contributed by atoms with Gasteiger partial charge in [0.25, 0.3) is 5.56 Å². The van der Waals surface area contributed by atoms with Crippen molar-refractivity contribution >= 4 is 23.4 Å². The standard InChI is InChI=1S/C23H19F3N6O4S/c1-36-17-8-6-16(7-9-17)32-18(10-15-11-19(33)29-21(35)28-15)30-31-22(32)37-12-20(34)27-14-4-2-13(3-5-14)23(24,25)26/h2-9,11H,10,12H2,1H3,(H,27,34)(H2,28,29,33,35). The molecule has 4 rings (SSSR count). The largest absolute Gasteiger partial charge is 0.497 e. The van der Waals surface area contributed by atoms with Crippen LogP contribution in [0.25, 0.3) is 5.69 Å². The van der Waals surface area contributed by atoms with Crippen molar-refractivity contribution in [1.29, 1.82) is 0 Å². The molecule has 14 heteroatoms. The number of hydrogen-bond acceptors (Lipinski definition) is 7. The molecule has 4 aromatic rings. The van der Waals surface area contributed by atoms with E-state index in [1.54, 1.807) is 28.8 Å². The van der Waals surface area contributed by atoms with E-state index in [4.69, 9.17) is 4.74 Å². The third-order valence-electron chi connectivity index (χ3n) is 5.02. The van der Waals surface area contributed by atoms with Crippen LogP contribution >= 0.6 is 11.8 Å². The Morgan fingerprint density at radius 2 is 1.76 bits per heavy atom. The molecule has 2 aromatic carbocycles. The monoisotopic (exact) mass is 532 g/mol. The molecule has 2 heterocycles. The Balaban J connectivity index is 1.55. The average Bonchev–Trinajstić information content (AvgIpc) is 3.24. The number of hydrogen-bond donors (Lipinski definition) is 3. The number of ether oxygens (including phenoxy) is 1. The fourth-order valence-electron chi connectivity index (χ4n) is 3.35. The van der Waals surface area contributed by atoms with Crippen LogP contribution in [0.15, 0.2) is 69.3 Å². The highest BCUT2D eigenvalue weighted by Crippen LogP contribution is 2.30. The number of aromatic nitrogens is 5. The average molecular weight is 533 g/mol. The Bertz CT molecular complexity index is 1480. The van der Waals surface area contributed by atoms with Crippen molar-refractivity contribution in [1.82, 2.24) is 24.7 Å². The normalized spacial score (nSPS) is 11.4. The van der Waals surface area contributed by atoms with Crippen LogP contribution in [0.3, 0.4) is 0 Å². The van der Waals surface area contributed by atoms with E-state index in [0.29, 0.717) is 28.1 Å². The van der Waals surface area contributed by atoms with Gasteiger partial charge in [-0.3, -0.25) is 19.1 Å². The number of nitrogens with one attached hydrogen (secondary N) is 3. The molecule has 10 nitrogen and oxygen atoms in total. The predicted molar refractivity (Wildman–Crippen MR) is 129 cm³/mol. The minimum Gasteiger partial charge on any atom is -0.497 e. The van der Waals surface area contributed by atoms with E-state index in [2.05, 4.69) is 25.5 Å². The predicted octanol–water partition coefficient (Wildman–Crippen LogP) is 2.99. The van der Waals surface area contributed by atoms with E-state index in [1.165, 1.54) is 25.3 Å². The minimum absolute atomic E-state index is 0.0660. The second kappa shape index (κ2) is 10.7. The highest BCUT2D eigenvalue weighted by molar-refractivity contribution is 7.99. The molecule has 0 aliphatic carbocycles. The molecule has 1 amide bonds. The fraction of sp³-hybridized carbons (Fsp3) is 0.174. The number of thioether (sulfide) groups is 1. The van der Waals surface area contributed by atoms with Crippen LogP contribution in [0, 0.1) is 0 Å². The van der Waals surface area contributed by atoms with Crippen molar-refractivity contribution < 1.29 is 22.7 Å². The quantitative estimate of drug-likeness (QED) is 0.297. The maximum absolute atomic E-state index is 12.7. The fourth-order valence-corrected chi connectivity index (χ4v) is 4.12. The Labute approximate surface area is 210 Å². The van der Waals surface area contributed by atoms with Gasteiger partial charge in [-0.2, -0.15) is 13.2 Å². The topological polar surface area (TPSA) is 135 Å². The molecule has 0 atom stereocenters. The summed E-state index contributed by atoms with van der Waals surface area (Å²) in [6.45, 7) is 0. The second-order valence-corrected chi connectivity index (χ2v) is 8.58. The van der Waals surface area contributed by atoms with Gasteiger partial charge >= 0.3 is 11.9 Å². The van der Waals surface area contributed by atoms with Gasteiger partial charge < -0.3 is 15.0 Å². The number of benzene rings is 2. The third-order valence-corrected chi connectivity index (χ3v) is 5.95. The first-order chi connectivity index (χ1) is 17.6. The highest BCUT2D eigenvalue weighted by Gasteiger charge is 2.30. The van der Waals surface area contributed by atoms with Crippen molar-refractivity contribution in [2.24, 2.45) is 0 Å². The summed E-state index contributed by atoms with van der Waals surface area (Å²) >= 11 is 1.05. The van der Waals surface area contributed by atoms with Crippen molar-refractivity contribution in [3.63, 3.8) is 0 Å². The molecule has 0 aliphatic heterocycles. The molecule has 0 bridgehead atoms. The first-order valence-electron chi connectivity index (χ1n) is 10.6. The van der Waals surface area contributed by atoms with Crippen LogP contribution in [0.4, 0.5) is 18.9 Å². The summed E-state index contributed by atoms with van der Waals surface area (Å²) in [6.07, 6.45) is -4.40. The maximum atomic E-state index is 12.7. The van der Waals surface area contributed by atoms with Crippen LogP contribution in [0.5, 0.6) is 5.75 Å². The van der Waals surface area contributed by atoms with Crippen molar-refractivity contribution in [2.45, 2.75) is 17.8 Å². The molecule has 0 unspecified atom stereocenters. The summed E-state index contributed by atoms with van der Waals surface area (Å²) in [5, 5.41) is 11.2. The molecule has 0 spiro atoms. The zero-order chi connectivity index (χ0) is 26.6. The van der Waals surface area contributed by atoms with Gasteiger partial charge in [0.1, 0.15) is 11.6 Å². The summed E-state index contributed by atoms with van der Waals surface area (Å²) in [5.74, 6) is 0.422. The second-order valence-electron chi connectivity index (χ2n) is 7.63. The smallest absolute Gasteiger partial charge is 0.416 e. The molecule has 0 saturated heterocycles. The van der Waals surface area contributed by atoms with E-state index in [-0.39, 0.29) is 17.9 Å². The zero-order valence-corrected chi connectivity index (χ0v) is 19.9. The van der Waals surface area contributed by atoms with Crippen molar-refractivity contribution in [3.05, 3.63) is 92.5 Å². The van der Waals surface area contributed by atoms with Crippen LogP contribution < -0.4 is 21.3 Å². The zero-order valence-electron chi connectivity index (χ0n) is 19.1. The first-order valence-corrected chi connectivity index (χ1v) is 11.6. The number of nitrogens with zero attached hydrogens (tertiary/aromatic N) is 3. The summed E-state index contributed by atoms with van der Waals surface area (Å²) in [5.41, 5.74) is -0.876. The van der Waals surface area contributed by atoms with E-state index < -0.39 is 28.9 Å². The third kappa shape index (κ3) is 6.46. The molecular formula is C23H19F3N6O4S. The van der Waals surface area contributed by atoms with E-state index in [0.717, 1.165) is 23.9 Å². The minimum atomic E-state index is -4.47. The molecular weight excluding hydrogens is 513 g/mol. The number of carbonyl (C=O) groups excluding carboxylic acids is 1. The lowest BCUT2D eigenvalue weighted by molar-refractivity contribution is -0.137. The summed E-state index contributed by atoms with van der Waals surface area (Å²) in [4.78, 5) is 40.4. The van der Waals surface area contributed by atoms with E-state index in [1.807, 2.05) is 0 Å². The Hall–Kier alpha value is -4.33. The van der Waals surface area contributed by atoms with Gasteiger partial charge in [-0.1, -0.05) is 11.8 Å². The molecule has 0 radical (unpaired) electrons. The molecule has 2 aromatic heterocycles. The highest BCUT2D eigenvalue weighted by atomic mass is 32.2. The number of anilines is 1. The SMILES string of the molecule is COc1ccc(-n2c(Cc3cc(=O)[nH]c(=O)[nH]3)nnc2SCC(=O)Nc2ccc(C(F)(F)F)cc2)cc1. The number of amides is 1. The molecule has 0 fully saturated rings. The Kier molecular flexibility index (Phi) is 7.47. The van der Waals surface area contributed by atoms with Gasteiger partial charge in [-0.25, -0.2) is 4.79 Å². The first kappa shape index (κ1) is 25.8. The van der Waals surface area contributed by atoms with Gasteiger partial charge in [0.15, 0.2) is 5.16 Å². The molecule has 192 valence electrons. The van der Waals surface area contributed by atoms with Gasteiger partial charge in [0.05, 0.1) is 18.4 Å². The number of rotatable bonds is 8. The number of alkyl halides is 3. The number of aromatic amines is 2.